The Morgan fingerprint density at radius 1 is 0.577 bits per heavy atom. The number of unbranched alkanes of at least 4 members (excludes halogenated alkanes) is 10. The Morgan fingerprint density at radius 3 is 1.04 bits per heavy atom. The quantitative estimate of drug-likeness (QED) is 0.362. The van der Waals surface area contributed by atoms with Crippen LogP contribution in [-0.2, 0) is 0 Å². The van der Waals surface area contributed by atoms with E-state index >= 15 is 0 Å². The number of carbonyl (C=O) groups is 1. The van der Waals surface area contributed by atoms with Gasteiger partial charge in [-0.05, 0) is 54.1 Å². The molecule has 2 N–H and O–H groups in total. The average molecular weight is 377 g/mol. The van der Waals surface area contributed by atoms with Gasteiger partial charge in [-0.1, -0.05) is 78.1 Å². The van der Waals surface area contributed by atoms with Crippen LogP contribution in [0.4, 0.5) is 4.79 Å². The molecule has 0 fully saturated rings. The molecule has 160 valence electrons. The molecule has 5 nitrogen and oxygen atoms in total. The Balaban J connectivity index is -0.000000338. The van der Waals surface area contributed by atoms with Gasteiger partial charge < -0.3 is 20.0 Å². The number of rotatable bonds is 14. The fourth-order valence-corrected chi connectivity index (χ4v) is 2.42. The average Bonchev–Trinajstić information content (AvgIpc) is 2.54. The minimum Gasteiger partial charge on any atom is -0.450 e. The summed E-state index contributed by atoms with van der Waals surface area (Å²) in [4.78, 5) is 13.1. The van der Waals surface area contributed by atoms with Crippen molar-refractivity contribution in [2.75, 3.05) is 41.3 Å². The maximum absolute atomic E-state index is 8.56. The molecule has 5 heteroatoms. The molecule has 0 aliphatic rings. The highest BCUT2D eigenvalue weighted by atomic mass is 16.6. The maximum atomic E-state index is 8.56. The van der Waals surface area contributed by atoms with E-state index in [-0.39, 0.29) is 0 Å². The highest BCUT2D eigenvalue weighted by Gasteiger charge is 1.91. The van der Waals surface area contributed by atoms with E-state index in [1.54, 1.807) is 0 Å². The lowest BCUT2D eigenvalue weighted by Gasteiger charge is -2.08. The van der Waals surface area contributed by atoms with E-state index in [1.165, 1.54) is 90.1 Å². The van der Waals surface area contributed by atoms with Gasteiger partial charge in [0.2, 0.25) is 0 Å². The first-order valence-electron chi connectivity index (χ1n) is 10.5. The van der Waals surface area contributed by atoms with Crippen LogP contribution in [0.1, 0.15) is 90.9 Å². The fraction of sp³-hybridized carbons (Fsp3) is 0.952. The number of nitrogens with zero attached hydrogens (tertiary/aromatic N) is 2. The van der Waals surface area contributed by atoms with Crippen molar-refractivity contribution in [3.63, 3.8) is 0 Å². The van der Waals surface area contributed by atoms with E-state index in [9.17, 15) is 0 Å². The van der Waals surface area contributed by atoms with Crippen LogP contribution in [-0.4, -0.2) is 67.4 Å². The SMILES string of the molecule is CCCCCCCCN(C)C.CCCCCCCCN(C)C.O=C(O)O. The van der Waals surface area contributed by atoms with E-state index in [4.69, 9.17) is 15.0 Å². The summed E-state index contributed by atoms with van der Waals surface area (Å²) in [6.45, 7) is 7.04. The Morgan fingerprint density at radius 2 is 0.808 bits per heavy atom. The summed E-state index contributed by atoms with van der Waals surface area (Å²) in [5, 5.41) is 13.9. The zero-order valence-corrected chi connectivity index (χ0v) is 18.6. The largest absolute Gasteiger partial charge is 0.503 e. The molecule has 0 aliphatic heterocycles. The predicted octanol–water partition coefficient (Wildman–Crippen LogP) is 6.04. The van der Waals surface area contributed by atoms with Crippen LogP contribution in [0.25, 0.3) is 0 Å². The van der Waals surface area contributed by atoms with E-state index in [0.717, 1.165) is 0 Å². The van der Waals surface area contributed by atoms with Crippen LogP contribution in [0.15, 0.2) is 0 Å². The molecule has 0 aromatic heterocycles. The summed E-state index contributed by atoms with van der Waals surface area (Å²) >= 11 is 0. The van der Waals surface area contributed by atoms with Gasteiger partial charge in [-0.3, -0.25) is 0 Å². The molecule has 0 heterocycles. The molecule has 0 aliphatic carbocycles. The summed E-state index contributed by atoms with van der Waals surface area (Å²) in [7, 11) is 8.58. The van der Waals surface area contributed by atoms with Crippen LogP contribution < -0.4 is 0 Å². The van der Waals surface area contributed by atoms with Crippen molar-refractivity contribution >= 4 is 6.16 Å². The molecule has 0 amide bonds. The molecule has 0 aromatic rings. The van der Waals surface area contributed by atoms with Crippen LogP contribution in [0.3, 0.4) is 0 Å². The molecule has 0 spiro atoms. The van der Waals surface area contributed by atoms with Gasteiger partial charge in [0.25, 0.3) is 0 Å². The molecule has 0 bridgehead atoms. The van der Waals surface area contributed by atoms with Crippen LogP contribution >= 0.6 is 0 Å². The molecule has 0 unspecified atom stereocenters. The topological polar surface area (TPSA) is 64.0 Å². The molecular weight excluding hydrogens is 328 g/mol. The molecule has 0 saturated carbocycles. The molecule has 0 atom stereocenters. The third-order valence-corrected chi connectivity index (χ3v) is 3.92. The van der Waals surface area contributed by atoms with E-state index in [2.05, 4.69) is 51.8 Å². The van der Waals surface area contributed by atoms with Gasteiger partial charge in [-0.25, -0.2) is 4.79 Å². The number of carboxylic acid groups (broad SMARTS) is 2. The van der Waals surface area contributed by atoms with Gasteiger partial charge in [0.1, 0.15) is 0 Å². The summed E-state index contributed by atoms with van der Waals surface area (Å²) in [5.74, 6) is 0. The predicted molar refractivity (Wildman–Crippen MR) is 115 cm³/mol. The van der Waals surface area contributed by atoms with Gasteiger partial charge >= 0.3 is 6.16 Å². The summed E-state index contributed by atoms with van der Waals surface area (Å²) in [5.41, 5.74) is 0. The molecule has 0 aromatic carbocycles. The van der Waals surface area contributed by atoms with E-state index in [1.807, 2.05) is 0 Å². The van der Waals surface area contributed by atoms with Crippen molar-refractivity contribution in [2.24, 2.45) is 0 Å². The van der Waals surface area contributed by atoms with Crippen molar-refractivity contribution in [3.8, 4) is 0 Å². The second kappa shape index (κ2) is 26.4. The van der Waals surface area contributed by atoms with Gasteiger partial charge in [0.05, 0.1) is 0 Å². The molecular formula is C21H48N2O3. The Kier molecular flexibility index (Phi) is 30.4. The highest BCUT2D eigenvalue weighted by Crippen LogP contribution is 2.05. The Labute approximate surface area is 163 Å². The van der Waals surface area contributed by atoms with E-state index < -0.39 is 6.16 Å². The lowest BCUT2D eigenvalue weighted by molar-refractivity contribution is 0.137. The van der Waals surface area contributed by atoms with Gasteiger partial charge in [-0.2, -0.15) is 0 Å². The third kappa shape index (κ3) is 49.5. The summed E-state index contributed by atoms with van der Waals surface area (Å²) in [6.07, 6.45) is 15.0. The number of hydrogen-bond acceptors (Lipinski definition) is 3. The van der Waals surface area contributed by atoms with Crippen molar-refractivity contribution in [1.82, 2.24) is 9.80 Å². The standard InChI is InChI=1S/2C10H23N.CH2O3/c2*1-4-5-6-7-8-9-10-11(2)3;2-1(3)4/h2*4-10H2,1-3H3;(H2,2,3,4). The normalized spacial score (nSPS) is 10.2. The lowest BCUT2D eigenvalue weighted by atomic mass is 10.1. The minimum absolute atomic E-state index is 1.26. The van der Waals surface area contributed by atoms with Crippen LogP contribution in [0.5, 0.6) is 0 Å². The molecule has 0 saturated heterocycles. The monoisotopic (exact) mass is 376 g/mol. The maximum Gasteiger partial charge on any atom is 0.503 e. The molecule has 0 radical (unpaired) electrons. The van der Waals surface area contributed by atoms with Crippen LogP contribution in [0, 0.1) is 0 Å². The Hall–Kier alpha value is -0.810. The Bertz CT molecular complexity index is 236. The van der Waals surface area contributed by atoms with Crippen LogP contribution in [0.2, 0.25) is 0 Å². The van der Waals surface area contributed by atoms with Crippen molar-refractivity contribution in [2.45, 2.75) is 90.9 Å². The van der Waals surface area contributed by atoms with Crippen molar-refractivity contribution in [3.05, 3.63) is 0 Å². The lowest BCUT2D eigenvalue weighted by Crippen LogP contribution is -2.12. The van der Waals surface area contributed by atoms with E-state index in [0.29, 0.717) is 0 Å². The summed E-state index contributed by atoms with van der Waals surface area (Å²) < 4.78 is 0. The third-order valence-electron chi connectivity index (χ3n) is 3.92. The highest BCUT2D eigenvalue weighted by molar-refractivity contribution is 5.53. The zero-order chi connectivity index (χ0) is 20.6. The molecule has 0 rings (SSSR count). The second-order valence-electron chi connectivity index (χ2n) is 7.42. The second-order valence-corrected chi connectivity index (χ2v) is 7.42. The first-order chi connectivity index (χ1) is 12.3. The number of hydrogen-bond donors (Lipinski definition) is 2. The van der Waals surface area contributed by atoms with Crippen molar-refractivity contribution in [1.29, 1.82) is 0 Å². The van der Waals surface area contributed by atoms with Crippen molar-refractivity contribution < 1.29 is 15.0 Å². The molecule has 26 heavy (non-hydrogen) atoms. The first-order valence-corrected chi connectivity index (χ1v) is 10.5. The van der Waals surface area contributed by atoms with Gasteiger partial charge in [0, 0.05) is 0 Å². The fourth-order valence-electron chi connectivity index (χ4n) is 2.42. The first kappa shape index (κ1) is 29.9. The minimum atomic E-state index is -1.83. The van der Waals surface area contributed by atoms with Gasteiger partial charge in [0.15, 0.2) is 0 Å². The zero-order valence-electron chi connectivity index (χ0n) is 18.6. The smallest absolute Gasteiger partial charge is 0.450 e. The summed E-state index contributed by atoms with van der Waals surface area (Å²) in [6, 6.07) is 0. The van der Waals surface area contributed by atoms with Gasteiger partial charge in [-0.15, -0.1) is 0 Å².